The molecule has 2 aromatic rings. The van der Waals surface area contributed by atoms with Crippen LogP contribution in [0.1, 0.15) is 19.8 Å². The molecule has 6 nitrogen and oxygen atoms in total. The van der Waals surface area contributed by atoms with Crippen LogP contribution in [0, 0.1) is 5.92 Å². The Kier molecular flexibility index (Phi) is 3.68. The fraction of sp³-hybridized carbons (Fsp3) is 0.467. The highest BCUT2D eigenvalue weighted by atomic mass is 16.4. The summed E-state index contributed by atoms with van der Waals surface area (Å²) in [6.07, 6.45) is 2.06. The first-order chi connectivity index (χ1) is 10.1. The van der Waals surface area contributed by atoms with Crippen molar-refractivity contribution in [2.24, 2.45) is 5.92 Å². The maximum Gasteiger partial charge on any atom is 0.298 e. The summed E-state index contributed by atoms with van der Waals surface area (Å²) in [6.45, 7) is 4.10. The molecule has 2 heterocycles. The van der Waals surface area contributed by atoms with Gasteiger partial charge in [0.1, 0.15) is 5.52 Å². The number of amides is 1. The maximum atomic E-state index is 10.9. The van der Waals surface area contributed by atoms with Gasteiger partial charge in [-0.1, -0.05) is 0 Å². The van der Waals surface area contributed by atoms with Crippen molar-refractivity contribution in [3.8, 4) is 0 Å². The Morgan fingerprint density at radius 1 is 1.48 bits per heavy atom. The van der Waals surface area contributed by atoms with Gasteiger partial charge in [0, 0.05) is 38.3 Å². The van der Waals surface area contributed by atoms with Crippen molar-refractivity contribution < 1.29 is 9.21 Å². The van der Waals surface area contributed by atoms with Crippen LogP contribution in [0.15, 0.2) is 22.6 Å². The number of piperidine rings is 1. The summed E-state index contributed by atoms with van der Waals surface area (Å²) in [7, 11) is 0. The van der Waals surface area contributed by atoms with E-state index in [9.17, 15) is 4.79 Å². The van der Waals surface area contributed by atoms with E-state index in [1.54, 1.807) is 13.0 Å². The van der Waals surface area contributed by atoms with Crippen molar-refractivity contribution in [1.29, 1.82) is 0 Å². The molecule has 112 valence electrons. The van der Waals surface area contributed by atoms with Crippen LogP contribution < -0.4 is 16.0 Å². The molecule has 1 aromatic carbocycles. The number of hydrogen-bond acceptors (Lipinski definition) is 5. The summed E-state index contributed by atoms with van der Waals surface area (Å²) in [5.41, 5.74) is 7.99. The van der Waals surface area contributed by atoms with Crippen LogP contribution in [0.25, 0.3) is 11.1 Å². The van der Waals surface area contributed by atoms with Crippen LogP contribution in [-0.4, -0.2) is 30.5 Å². The molecule has 0 spiro atoms. The van der Waals surface area contributed by atoms with E-state index in [0.717, 1.165) is 43.6 Å². The van der Waals surface area contributed by atoms with Crippen molar-refractivity contribution >= 4 is 28.7 Å². The third-order valence-electron chi connectivity index (χ3n) is 3.93. The van der Waals surface area contributed by atoms with Gasteiger partial charge < -0.3 is 20.4 Å². The van der Waals surface area contributed by atoms with E-state index in [0.29, 0.717) is 17.6 Å². The third kappa shape index (κ3) is 3.09. The van der Waals surface area contributed by atoms with Crippen LogP contribution in [0.3, 0.4) is 0 Å². The minimum Gasteiger partial charge on any atom is -0.423 e. The highest BCUT2D eigenvalue weighted by Crippen LogP contribution is 2.27. The second-order valence-electron chi connectivity index (χ2n) is 5.59. The fourth-order valence-corrected chi connectivity index (χ4v) is 2.68. The Morgan fingerprint density at radius 3 is 2.95 bits per heavy atom. The molecule has 6 heteroatoms. The highest BCUT2D eigenvalue weighted by molar-refractivity contribution is 5.78. The van der Waals surface area contributed by atoms with Crippen LogP contribution >= 0.6 is 0 Å². The van der Waals surface area contributed by atoms with E-state index in [-0.39, 0.29) is 5.91 Å². The highest BCUT2D eigenvalue weighted by Gasteiger charge is 2.22. The van der Waals surface area contributed by atoms with Gasteiger partial charge in [-0.3, -0.25) is 4.79 Å². The molecule has 3 N–H and O–H groups in total. The first kappa shape index (κ1) is 13.7. The second-order valence-corrected chi connectivity index (χ2v) is 5.59. The number of nitrogens with one attached hydrogen (secondary N) is 1. The lowest BCUT2D eigenvalue weighted by Gasteiger charge is -2.30. The number of benzene rings is 1. The van der Waals surface area contributed by atoms with Gasteiger partial charge in [0.25, 0.3) is 6.01 Å². The molecular formula is C15H20N4O2. The number of hydrogen-bond donors (Lipinski definition) is 2. The molecule has 1 saturated heterocycles. The van der Waals surface area contributed by atoms with E-state index < -0.39 is 0 Å². The van der Waals surface area contributed by atoms with Crippen molar-refractivity contribution in [1.82, 2.24) is 10.3 Å². The molecule has 1 aliphatic rings. The van der Waals surface area contributed by atoms with Crippen molar-refractivity contribution in [3.05, 3.63) is 18.2 Å². The van der Waals surface area contributed by atoms with Gasteiger partial charge in [-0.05, 0) is 30.9 Å². The average molecular weight is 288 g/mol. The van der Waals surface area contributed by atoms with Crippen LogP contribution in [-0.2, 0) is 4.79 Å². The molecule has 1 amide bonds. The fourth-order valence-electron chi connectivity index (χ4n) is 2.68. The zero-order valence-corrected chi connectivity index (χ0v) is 12.1. The molecule has 1 aliphatic heterocycles. The van der Waals surface area contributed by atoms with E-state index >= 15 is 0 Å². The maximum absolute atomic E-state index is 10.9. The molecule has 3 rings (SSSR count). The number of nitrogens with zero attached hydrogens (tertiary/aromatic N) is 2. The number of fused-ring (bicyclic) bond motifs is 1. The van der Waals surface area contributed by atoms with Gasteiger partial charge in [-0.2, -0.15) is 4.98 Å². The van der Waals surface area contributed by atoms with Gasteiger partial charge in [-0.25, -0.2) is 0 Å². The molecule has 1 aromatic heterocycles. The normalized spacial score (nSPS) is 16.3. The predicted octanol–water partition coefficient (Wildman–Crippen LogP) is 1.76. The minimum absolute atomic E-state index is 0.0361. The number of anilines is 2. The standard InChI is InChI=1S/C15H20N4O2/c1-10(20)17-9-11-4-6-19(7-5-11)15-18-13-3-2-12(16)8-14(13)21-15/h2-3,8,11H,4-7,9,16H2,1H3,(H,17,20). The summed E-state index contributed by atoms with van der Waals surface area (Å²) in [5, 5.41) is 2.89. The first-order valence-corrected chi connectivity index (χ1v) is 7.27. The third-order valence-corrected chi connectivity index (χ3v) is 3.93. The molecule has 0 aliphatic carbocycles. The van der Waals surface area contributed by atoms with Gasteiger partial charge >= 0.3 is 0 Å². The Morgan fingerprint density at radius 2 is 2.24 bits per heavy atom. The monoisotopic (exact) mass is 288 g/mol. The number of aromatic nitrogens is 1. The average Bonchev–Trinajstić information content (AvgIpc) is 2.88. The van der Waals surface area contributed by atoms with Crippen LogP contribution in [0.2, 0.25) is 0 Å². The summed E-state index contributed by atoms with van der Waals surface area (Å²) in [4.78, 5) is 17.6. The zero-order chi connectivity index (χ0) is 14.8. The molecule has 1 fully saturated rings. The molecule has 21 heavy (non-hydrogen) atoms. The van der Waals surface area contributed by atoms with Crippen molar-refractivity contribution in [3.63, 3.8) is 0 Å². The summed E-state index contributed by atoms with van der Waals surface area (Å²) >= 11 is 0. The summed E-state index contributed by atoms with van der Waals surface area (Å²) in [5.74, 6) is 0.569. The first-order valence-electron chi connectivity index (χ1n) is 7.27. The lowest BCUT2D eigenvalue weighted by atomic mass is 9.97. The Hall–Kier alpha value is -2.24. The predicted molar refractivity (Wildman–Crippen MR) is 82.0 cm³/mol. The quantitative estimate of drug-likeness (QED) is 0.841. The van der Waals surface area contributed by atoms with E-state index in [4.69, 9.17) is 10.2 Å². The van der Waals surface area contributed by atoms with E-state index in [1.807, 2.05) is 12.1 Å². The van der Waals surface area contributed by atoms with Gasteiger partial charge in [0.2, 0.25) is 5.91 Å². The van der Waals surface area contributed by atoms with Crippen molar-refractivity contribution in [2.75, 3.05) is 30.3 Å². The number of nitrogen functional groups attached to an aromatic ring is 1. The lowest BCUT2D eigenvalue weighted by Crippen LogP contribution is -2.38. The second kappa shape index (κ2) is 5.63. The molecule has 0 saturated carbocycles. The minimum atomic E-state index is 0.0361. The summed E-state index contributed by atoms with van der Waals surface area (Å²) in [6, 6.07) is 6.17. The SMILES string of the molecule is CC(=O)NCC1CCN(c2nc3ccc(N)cc3o2)CC1. The Bertz CT molecular complexity index is 644. The van der Waals surface area contributed by atoms with Crippen LogP contribution in [0.5, 0.6) is 0 Å². The smallest absolute Gasteiger partial charge is 0.298 e. The summed E-state index contributed by atoms with van der Waals surface area (Å²) < 4.78 is 5.79. The van der Waals surface area contributed by atoms with Gasteiger partial charge in [0.05, 0.1) is 0 Å². The number of rotatable bonds is 3. The molecule has 0 atom stereocenters. The van der Waals surface area contributed by atoms with E-state index in [1.165, 1.54) is 0 Å². The number of carbonyl (C=O) groups is 1. The molecule has 0 radical (unpaired) electrons. The van der Waals surface area contributed by atoms with Gasteiger partial charge in [-0.15, -0.1) is 0 Å². The molecule has 0 unspecified atom stereocenters. The lowest BCUT2D eigenvalue weighted by molar-refractivity contribution is -0.119. The number of oxazole rings is 1. The number of nitrogens with two attached hydrogens (primary N) is 1. The van der Waals surface area contributed by atoms with Crippen molar-refractivity contribution in [2.45, 2.75) is 19.8 Å². The molecular weight excluding hydrogens is 268 g/mol. The Labute approximate surface area is 123 Å². The van der Waals surface area contributed by atoms with Crippen LogP contribution in [0.4, 0.5) is 11.7 Å². The number of carbonyl (C=O) groups excluding carboxylic acids is 1. The zero-order valence-electron chi connectivity index (χ0n) is 12.1. The van der Waals surface area contributed by atoms with E-state index in [2.05, 4.69) is 15.2 Å². The Balaban J connectivity index is 1.64. The van der Waals surface area contributed by atoms with Gasteiger partial charge in [0.15, 0.2) is 5.58 Å². The molecule has 0 bridgehead atoms. The largest absolute Gasteiger partial charge is 0.423 e. The topological polar surface area (TPSA) is 84.4 Å².